The lowest BCUT2D eigenvalue weighted by Gasteiger charge is -2.37. The first-order valence-electron chi connectivity index (χ1n) is 7.73. The summed E-state index contributed by atoms with van der Waals surface area (Å²) in [5.74, 6) is 1.23. The Morgan fingerprint density at radius 3 is 2.28 bits per heavy atom. The van der Waals surface area contributed by atoms with Crippen molar-refractivity contribution in [3.05, 3.63) is 0 Å². The molecule has 2 N–H and O–H groups in total. The molecule has 2 rings (SSSR count). The average Bonchev–Trinajstić information content (AvgIpc) is 2.31. The molecule has 1 aliphatic heterocycles. The summed E-state index contributed by atoms with van der Waals surface area (Å²) in [5.41, 5.74) is 6.10. The molecule has 0 aromatic carbocycles. The van der Waals surface area contributed by atoms with Gasteiger partial charge >= 0.3 is 0 Å². The molecule has 0 spiro atoms. The van der Waals surface area contributed by atoms with Gasteiger partial charge in [-0.3, -0.25) is 4.79 Å². The third-order valence-electron chi connectivity index (χ3n) is 4.78. The number of carbonyl (C=O) groups is 1. The molecule has 0 aromatic heterocycles. The maximum absolute atomic E-state index is 12.5. The van der Waals surface area contributed by atoms with Gasteiger partial charge in [0.1, 0.15) is 0 Å². The molecule has 0 radical (unpaired) electrons. The van der Waals surface area contributed by atoms with E-state index in [1.807, 2.05) is 4.90 Å². The summed E-state index contributed by atoms with van der Waals surface area (Å²) in [6, 6.07) is 0.177. The second-order valence-electron chi connectivity index (χ2n) is 6.26. The van der Waals surface area contributed by atoms with Crippen molar-refractivity contribution < 1.29 is 4.79 Å². The first kappa shape index (κ1) is 13.9. The topological polar surface area (TPSA) is 46.3 Å². The molecule has 0 aromatic rings. The number of carbonyl (C=O) groups excluding carboxylic acids is 1. The van der Waals surface area contributed by atoms with Crippen molar-refractivity contribution >= 4 is 5.91 Å². The third kappa shape index (κ3) is 3.47. The molecule has 1 saturated carbocycles. The molecule has 3 heteroatoms. The molecule has 18 heavy (non-hydrogen) atoms. The number of hydrogen-bond acceptors (Lipinski definition) is 2. The van der Waals surface area contributed by atoms with Crippen LogP contribution in [0.5, 0.6) is 0 Å². The minimum absolute atomic E-state index is 0.177. The van der Waals surface area contributed by atoms with E-state index in [0.717, 1.165) is 32.4 Å². The van der Waals surface area contributed by atoms with Gasteiger partial charge in [-0.15, -0.1) is 0 Å². The van der Waals surface area contributed by atoms with Gasteiger partial charge in [0.2, 0.25) is 5.91 Å². The van der Waals surface area contributed by atoms with E-state index in [0.29, 0.717) is 11.8 Å². The Morgan fingerprint density at radius 2 is 1.67 bits per heavy atom. The highest BCUT2D eigenvalue weighted by molar-refractivity contribution is 5.79. The maximum Gasteiger partial charge on any atom is 0.225 e. The largest absolute Gasteiger partial charge is 0.341 e. The van der Waals surface area contributed by atoms with Crippen molar-refractivity contribution in [2.75, 3.05) is 13.1 Å². The van der Waals surface area contributed by atoms with Gasteiger partial charge in [-0.2, -0.15) is 0 Å². The second-order valence-corrected chi connectivity index (χ2v) is 6.26. The summed E-state index contributed by atoms with van der Waals surface area (Å²) in [6.07, 6.45) is 9.69. The van der Waals surface area contributed by atoms with E-state index < -0.39 is 0 Å². The first-order chi connectivity index (χ1) is 8.68. The van der Waals surface area contributed by atoms with Crippen LogP contribution < -0.4 is 5.73 Å². The molecule has 1 aliphatic carbocycles. The molecule has 2 fully saturated rings. The van der Waals surface area contributed by atoms with Gasteiger partial charge in [-0.05, 0) is 25.2 Å². The highest BCUT2D eigenvalue weighted by Crippen LogP contribution is 2.26. The van der Waals surface area contributed by atoms with E-state index in [9.17, 15) is 4.79 Å². The minimum Gasteiger partial charge on any atom is -0.341 e. The second kappa shape index (κ2) is 6.55. The Morgan fingerprint density at radius 1 is 1.06 bits per heavy atom. The standard InChI is InChI=1S/C15H28N2O/c1-12-9-10-17(11-14(12)16)15(18)13-7-5-3-2-4-6-8-13/h12-14H,2-11,16H2,1H3. The zero-order chi connectivity index (χ0) is 13.0. The summed E-state index contributed by atoms with van der Waals surface area (Å²) in [7, 11) is 0. The third-order valence-corrected chi connectivity index (χ3v) is 4.78. The van der Waals surface area contributed by atoms with Crippen LogP contribution in [-0.2, 0) is 4.79 Å². The van der Waals surface area contributed by atoms with E-state index in [1.165, 1.54) is 32.1 Å². The van der Waals surface area contributed by atoms with Crippen LogP contribution in [0, 0.1) is 11.8 Å². The monoisotopic (exact) mass is 252 g/mol. The lowest BCUT2D eigenvalue weighted by molar-refractivity contribution is -0.138. The zero-order valence-corrected chi connectivity index (χ0v) is 11.7. The Kier molecular flexibility index (Phi) is 5.04. The van der Waals surface area contributed by atoms with Crippen molar-refractivity contribution in [2.45, 2.75) is 64.3 Å². The number of piperidine rings is 1. The summed E-state index contributed by atoms with van der Waals surface area (Å²) < 4.78 is 0. The van der Waals surface area contributed by atoms with Gasteiger partial charge in [-0.25, -0.2) is 0 Å². The van der Waals surface area contributed by atoms with E-state index in [2.05, 4.69) is 6.92 Å². The van der Waals surface area contributed by atoms with Crippen molar-refractivity contribution in [1.82, 2.24) is 4.90 Å². The molecular weight excluding hydrogens is 224 g/mol. The normalized spacial score (nSPS) is 31.8. The SMILES string of the molecule is CC1CCN(C(=O)C2CCCCCCC2)CC1N. The summed E-state index contributed by atoms with van der Waals surface area (Å²) >= 11 is 0. The molecule has 3 nitrogen and oxygen atoms in total. The molecule has 1 saturated heterocycles. The van der Waals surface area contributed by atoms with Gasteiger partial charge in [0.15, 0.2) is 0 Å². The zero-order valence-electron chi connectivity index (χ0n) is 11.7. The van der Waals surface area contributed by atoms with Crippen molar-refractivity contribution in [3.8, 4) is 0 Å². The average molecular weight is 252 g/mol. The van der Waals surface area contributed by atoms with Crippen molar-refractivity contribution in [2.24, 2.45) is 17.6 Å². The quantitative estimate of drug-likeness (QED) is 0.779. The first-order valence-corrected chi connectivity index (χ1v) is 7.73. The van der Waals surface area contributed by atoms with Crippen LogP contribution in [0.15, 0.2) is 0 Å². The number of rotatable bonds is 1. The van der Waals surface area contributed by atoms with Crippen LogP contribution in [0.2, 0.25) is 0 Å². The molecule has 1 amide bonds. The Labute approximate surface area is 111 Å². The van der Waals surface area contributed by atoms with Gasteiger partial charge in [0, 0.05) is 25.0 Å². The van der Waals surface area contributed by atoms with Crippen LogP contribution >= 0.6 is 0 Å². The Bertz CT molecular complexity index is 265. The maximum atomic E-state index is 12.5. The van der Waals surface area contributed by atoms with Crippen LogP contribution in [0.25, 0.3) is 0 Å². The lowest BCUT2D eigenvalue weighted by atomic mass is 9.88. The van der Waals surface area contributed by atoms with E-state index in [1.54, 1.807) is 0 Å². The number of nitrogens with two attached hydrogens (primary N) is 1. The fourth-order valence-electron chi connectivity index (χ4n) is 3.26. The summed E-state index contributed by atoms with van der Waals surface area (Å²) in [5, 5.41) is 0. The Balaban J connectivity index is 1.88. The van der Waals surface area contributed by atoms with Crippen LogP contribution in [0.4, 0.5) is 0 Å². The van der Waals surface area contributed by atoms with Gasteiger partial charge in [0.05, 0.1) is 0 Å². The highest BCUT2D eigenvalue weighted by Gasteiger charge is 2.30. The molecule has 2 atom stereocenters. The Hall–Kier alpha value is -0.570. The number of nitrogens with zero attached hydrogens (tertiary/aromatic N) is 1. The van der Waals surface area contributed by atoms with E-state index in [-0.39, 0.29) is 12.0 Å². The molecule has 2 unspecified atom stereocenters. The predicted octanol–water partition coefficient (Wildman–Crippen LogP) is 2.54. The summed E-state index contributed by atoms with van der Waals surface area (Å²) in [6.45, 7) is 3.89. The molecular formula is C15H28N2O. The fourth-order valence-corrected chi connectivity index (χ4v) is 3.26. The molecule has 104 valence electrons. The van der Waals surface area contributed by atoms with Crippen LogP contribution in [0.1, 0.15) is 58.3 Å². The van der Waals surface area contributed by atoms with Crippen LogP contribution in [-0.4, -0.2) is 29.9 Å². The predicted molar refractivity (Wildman–Crippen MR) is 74.1 cm³/mol. The van der Waals surface area contributed by atoms with E-state index >= 15 is 0 Å². The number of hydrogen-bond donors (Lipinski definition) is 1. The number of amides is 1. The molecule has 0 bridgehead atoms. The number of likely N-dealkylation sites (tertiary alicyclic amines) is 1. The van der Waals surface area contributed by atoms with Gasteiger partial charge < -0.3 is 10.6 Å². The van der Waals surface area contributed by atoms with E-state index in [4.69, 9.17) is 5.73 Å². The van der Waals surface area contributed by atoms with Crippen molar-refractivity contribution in [3.63, 3.8) is 0 Å². The minimum atomic E-state index is 0.177. The van der Waals surface area contributed by atoms with Gasteiger partial charge in [-0.1, -0.05) is 39.0 Å². The van der Waals surface area contributed by atoms with Crippen LogP contribution in [0.3, 0.4) is 0 Å². The highest BCUT2D eigenvalue weighted by atomic mass is 16.2. The fraction of sp³-hybridized carbons (Fsp3) is 0.933. The summed E-state index contributed by atoms with van der Waals surface area (Å²) in [4.78, 5) is 14.6. The molecule has 1 heterocycles. The molecule has 2 aliphatic rings. The smallest absolute Gasteiger partial charge is 0.225 e. The van der Waals surface area contributed by atoms with Crippen molar-refractivity contribution in [1.29, 1.82) is 0 Å². The van der Waals surface area contributed by atoms with Gasteiger partial charge in [0.25, 0.3) is 0 Å². The lowest BCUT2D eigenvalue weighted by Crippen LogP contribution is -2.51.